The van der Waals surface area contributed by atoms with Gasteiger partial charge in [0.05, 0.1) is 6.04 Å². The Kier molecular flexibility index (Phi) is 3.47. The summed E-state index contributed by atoms with van der Waals surface area (Å²) in [5.74, 6) is 5.54. The molecule has 0 saturated heterocycles. The minimum Gasteiger partial charge on any atom is -0.302 e. The van der Waals surface area contributed by atoms with Crippen molar-refractivity contribution in [3.8, 4) is 0 Å². The molecule has 0 heterocycles. The third-order valence-electron chi connectivity index (χ3n) is 3.35. The van der Waals surface area contributed by atoms with E-state index < -0.39 is 0 Å². The second kappa shape index (κ2) is 4.22. The SMILES string of the molecule is C=CC(NN)C1(N(C)C)CCCC1. The van der Waals surface area contributed by atoms with Gasteiger partial charge in [0, 0.05) is 5.54 Å². The molecule has 3 nitrogen and oxygen atoms in total. The van der Waals surface area contributed by atoms with Crippen LogP contribution in [0, 0.1) is 0 Å². The van der Waals surface area contributed by atoms with Crippen molar-refractivity contribution in [1.29, 1.82) is 0 Å². The fourth-order valence-corrected chi connectivity index (χ4v) is 2.47. The number of hydrogen-bond donors (Lipinski definition) is 2. The first kappa shape index (κ1) is 10.7. The average Bonchev–Trinajstić information content (AvgIpc) is 2.56. The van der Waals surface area contributed by atoms with Crippen molar-refractivity contribution in [1.82, 2.24) is 10.3 Å². The Labute approximate surface area is 80.9 Å². The maximum absolute atomic E-state index is 5.54. The van der Waals surface area contributed by atoms with Gasteiger partial charge in [-0.15, -0.1) is 6.58 Å². The predicted molar refractivity (Wildman–Crippen MR) is 56.2 cm³/mol. The first-order valence-corrected chi connectivity index (χ1v) is 4.93. The van der Waals surface area contributed by atoms with Gasteiger partial charge in [-0.1, -0.05) is 18.9 Å². The van der Waals surface area contributed by atoms with Crippen LogP contribution in [0.2, 0.25) is 0 Å². The van der Waals surface area contributed by atoms with Crippen LogP contribution < -0.4 is 11.3 Å². The summed E-state index contributed by atoms with van der Waals surface area (Å²) < 4.78 is 0. The van der Waals surface area contributed by atoms with Crippen LogP contribution >= 0.6 is 0 Å². The summed E-state index contributed by atoms with van der Waals surface area (Å²) in [6.45, 7) is 3.83. The fourth-order valence-electron chi connectivity index (χ4n) is 2.47. The van der Waals surface area contributed by atoms with Crippen LogP contribution in [0.4, 0.5) is 0 Å². The summed E-state index contributed by atoms with van der Waals surface area (Å²) in [5.41, 5.74) is 3.05. The van der Waals surface area contributed by atoms with Crippen LogP contribution in [-0.4, -0.2) is 30.6 Å². The van der Waals surface area contributed by atoms with Crippen LogP contribution in [0.15, 0.2) is 12.7 Å². The lowest BCUT2D eigenvalue weighted by atomic mass is 9.87. The molecule has 0 spiro atoms. The molecule has 3 heteroatoms. The van der Waals surface area contributed by atoms with Crippen molar-refractivity contribution in [2.45, 2.75) is 37.3 Å². The van der Waals surface area contributed by atoms with Gasteiger partial charge >= 0.3 is 0 Å². The molecule has 0 aromatic rings. The summed E-state index contributed by atoms with van der Waals surface area (Å²) in [6, 6.07) is 0.199. The third-order valence-corrected chi connectivity index (χ3v) is 3.35. The van der Waals surface area contributed by atoms with E-state index in [2.05, 4.69) is 31.0 Å². The molecule has 3 N–H and O–H groups in total. The molecule has 1 atom stereocenters. The third kappa shape index (κ3) is 1.77. The zero-order valence-electron chi connectivity index (χ0n) is 8.71. The van der Waals surface area contributed by atoms with Gasteiger partial charge in [-0.05, 0) is 26.9 Å². The second-order valence-corrected chi connectivity index (χ2v) is 4.09. The van der Waals surface area contributed by atoms with E-state index in [-0.39, 0.29) is 11.6 Å². The molecule has 1 aliphatic carbocycles. The van der Waals surface area contributed by atoms with Crippen LogP contribution in [0.25, 0.3) is 0 Å². The molecular formula is C10H21N3. The second-order valence-electron chi connectivity index (χ2n) is 4.09. The van der Waals surface area contributed by atoms with Gasteiger partial charge in [0.15, 0.2) is 0 Å². The minimum absolute atomic E-state index is 0.191. The quantitative estimate of drug-likeness (QED) is 0.386. The van der Waals surface area contributed by atoms with Crippen LogP contribution in [-0.2, 0) is 0 Å². The molecule has 1 aliphatic rings. The Morgan fingerprint density at radius 3 is 2.31 bits per heavy atom. The monoisotopic (exact) mass is 183 g/mol. The molecule has 1 unspecified atom stereocenters. The standard InChI is InChI=1S/C10H21N3/c1-4-9(12-11)10(13(2)3)7-5-6-8-10/h4,9,12H,1,5-8,11H2,2-3H3. The van der Waals surface area contributed by atoms with Gasteiger partial charge in [-0.3, -0.25) is 11.3 Å². The average molecular weight is 183 g/mol. The van der Waals surface area contributed by atoms with E-state index >= 15 is 0 Å². The highest BCUT2D eigenvalue weighted by atomic mass is 15.3. The number of nitrogens with zero attached hydrogens (tertiary/aromatic N) is 1. The Balaban J connectivity index is 2.82. The van der Waals surface area contributed by atoms with Crippen molar-refractivity contribution in [3.63, 3.8) is 0 Å². The summed E-state index contributed by atoms with van der Waals surface area (Å²) in [7, 11) is 4.25. The van der Waals surface area contributed by atoms with Gasteiger partial charge in [-0.25, -0.2) is 0 Å². The molecule has 0 amide bonds. The Hall–Kier alpha value is -0.380. The lowest BCUT2D eigenvalue weighted by molar-refractivity contribution is 0.125. The van der Waals surface area contributed by atoms with Crippen molar-refractivity contribution in [3.05, 3.63) is 12.7 Å². The molecule has 1 rings (SSSR count). The number of likely N-dealkylation sites (N-methyl/N-ethyl adjacent to an activating group) is 1. The van der Waals surface area contributed by atoms with Gasteiger partial charge < -0.3 is 4.90 Å². The lowest BCUT2D eigenvalue weighted by Crippen LogP contribution is -2.58. The lowest BCUT2D eigenvalue weighted by Gasteiger charge is -2.41. The molecule has 0 aliphatic heterocycles. The number of hydrazine groups is 1. The first-order chi connectivity index (χ1) is 6.17. The van der Waals surface area contributed by atoms with Gasteiger partial charge in [0.1, 0.15) is 0 Å². The number of nitrogens with two attached hydrogens (primary N) is 1. The van der Waals surface area contributed by atoms with E-state index in [0.29, 0.717) is 0 Å². The summed E-state index contributed by atoms with van der Waals surface area (Å²) >= 11 is 0. The molecular weight excluding hydrogens is 162 g/mol. The van der Waals surface area contributed by atoms with Crippen LogP contribution in [0.5, 0.6) is 0 Å². The first-order valence-electron chi connectivity index (χ1n) is 4.93. The van der Waals surface area contributed by atoms with Crippen molar-refractivity contribution in [2.24, 2.45) is 5.84 Å². The maximum atomic E-state index is 5.54. The number of nitrogens with one attached hydrogen (secondary N) is 1. The van der Waals surface area contributed by atoms with Crippen molar-refractivity contribution < 1.29 is 0 Å². The van der Waals surface area contributed by atoms with E-state index in [1.54, 1.807) is 0 Å². The van der Waals surface area contributed by atoms with Crippen molar-refractivity contribution >= 4 is 0 Å². The molecule has 0 radical (unpaired) electrons. The molecule has 1 saturated carbocycles. The van der Waals surface area contributed by atoms with Gasteiger partial charge in [-0.2, -0.15) is 0 Å². The maximum Gasteiger partial charge on any atom is 0.0571 e. The number of hydrogen-bond acceptors (Lipinski definition) is 3. The summed E-state index contributed by atoms with van der Waals surface area (Å²) in [5, 5.41) is 0. The smallest absolute Gasteiger partial charge is 0.0571 e. The molecule has 0 bridgehead atoms. The Morgan fingerprint density at radius 2 is 2.00 bits per heavy atom. The van der Waals surface area contributed by atoms with E-state index in [1.165, 1.54) is 25.7 Å². The van der Waals surface area contributed by atoms with Crippen LogP contribution in [0.3, 0.4) is 0 Å². The Morgan fingerprint density at radius 1 is 1.46 bits per heavy atom. The highest BCUT2D eigenvalue weighted by Crippen LogP contribution is 2.36. The largest absolute Gasteiger partial charge is 0.302 e. The molecule has 0 aromatic carbocycles. The number of rotatable bonds is 4. The molecule has 13 heavy (non-hydrogen) atoms. The van der Waals surface area contributed by atoms with E-state index in [9.17, 15) is 0 Å². The summed E-state index contributed by atoms with van der Waals surface area (Å²) in [4.78, 5) is 2.28. The van der Waals surface area contributed by atoms with Crippen LogP contribution in [0.1, 0.15) is 25.7 Å². The summed E-state index contributed by atoms with van der Waals surface area (Å²) in [6.07, 6.45) is 6.93. The predicted octanol–water partition coefficient (Wildman–Crippen LogP) is 0.879. The van der Waals surface area contributed by atoms with Crippen molar-refractivity contribution in [2.75, 3.05) is 14.1 Å². The topological polar surface area (TPSA) is 41.3 Å². The molecule has 0 aromatic heterocycles. The molecule has 76 valence electrons. The zero-order valence-corrected chi connectivity index (χ0v) is 8.71. The minimum atomic E-state index is 0.191. The van der Waals surface area contributed by atoms with E-state index in [0.717, 1.165) is 0 Å². The normalized spacial score (nSPS) is 23.4. The van der Waals surface area contributed by atoms with E-state index in [4.69, 9.17) is 5.84 Å². The fraction of sp³-hybridized carbons (Fsp3) is 0.800. The van der Waals surface area contributed by atoms with Gasteiger partial charge in [0.2, 0.25) is 0 Å². The van der Waals surface area contributed by atoms with E-state index in [1.807, 2.05) is 6.08 Å². The highest BCUT2D eigenvalue weighted by molar-refractivity contribution is 5.08. The highest BCUT2D eigenvalue weighted by Gasteiger charge is 2.41. The molecule has 1 fully saturated rings. The van der Waals surface area contributed by atoms with Gasteiger partial charge in [0.25, 0.3) is 0 Å². The zero-order chi connectivity index (χ0) is 9.90. The Bertz CT molecular complexity index is 171.